The second-order valence-corrected chi connectivity index (χ2v) is 4.18. The largest absolute Gasteiger partial charge is 0.451 e. The van der Waals surface area contributed by atoms with Crippen LogP contribution in [0, 0.1) is 18.8 Å². The molecule has 0 fully saturated rings. The number of hydrogen-bond donors (Lipinski definition) is 0. The van der Waals surface area contributed by atoms with Crippen molar-refractivity contribution in [1.29, 1.82) is 0 Å². The van der Waals surface area contributed by atoms with Gasteiger partial charge in [0.05, 0.1) is 0 Å². The summed E-state index contributed by atoms with van der Waals surface area (Å²) in [5, 5.41) is 0. The number of aryl methyl sites for hydroxylation is 1. The maximum Gasteiger partial charge on any atom is 0.385 e. The molecule has 0 aliphatic heterocycles. The Morgan fingerprint density at radius 3 is 2.42 bits per heavy atom. The third-order valence-electron chi connectivity index (χ3n) is 2.57. The summed E-state index contributed by atoms with van der Waals surface area (Å²) >= 11 is 0. The van der Waals surface area contributed by atoms with Crippen molar-refractivity contribution in [2.24, 2.45) is 0 Å². The maximum atomic E-state index is 11.5. The fourth-order valence-corrected chi connectivity index (χ4v) is 1.52. The molecule has 0 spiro atoms. The number of rotatable bonds is 2. The van der Waals surface area contributed by atoms with Crippen molar-refractivity contribution < 1.29 is 9.53 Å². The van der Waals surface area contributed by atoms with Crippen molar-refractivity contribution in [2.75, 3.05) is 0 Å². The molecule has 0 amide bonds. The van der Waals surface area contributed by atoms with Crippen LogP contribution in [0.2, 0.25) is 0 Å². The Morgan fingerprint density at radius 1 is 1.05 bits per heavy atom. The fourth-order valence-electron chi connectivity index (χ4n) is 1.52. The first-order chi connectivity index (χ1) is 9.24. The molecule has 19 heavy (non-hydrogen) atoms. The molecule has 2 aromatic carbocycles. The molecule has 0 heterocycles. The standard InChI is InChI=1S/C17H14O2/c1-14-7-9-15(10-8-14)11-12-17(18)19-13-16-5-3-2-4-6-16/h2-10H,13H2,1H3. The first-order valence-electron chi connectivity index (χ1n) is 6.03. The zero-order chi connectivity index (χ0) is 13.5. The van der Waals surface area contributed by atoms with Gasteiger partial charge in [0.25, 0.3) is 0 Å². The van der Waals surface area contributed by atoms with E-state index in [1.807, 2.05) is 61.5 Å². The second-order valence-electron chi connectivity index (χ2n) is 4.18. The van der Waals surface area contributed by atoms with E-state index in [-0.39, 0.29) is 6.61 Å². The minimum atomic E-state index is -0.510. The fraction of sp³-hybridized carbons (Fsp3) is 0.118. The van der Waals surface area contributed by atoms with Gasteiger partial charge in [0, 0.05) is 11.5 Å². The average molecular weight is 250 g/mol. The van der Waals surface area contributed by atoms with Gasteiger partial charge in [-0.2, -0.15) is 0 Å². The average Bonchev–Trinajstić information content (AvgIpc) is 2.45. The molecule has 0 bridgehead atoms. The van der Waals surface area contributed by atoms with E-state index in [0.29, 0.717) is 0 Å². The van der Waals surface area contributed by atoms with Gasteiger partial charge in [-0.15, -0.1) is 0 Å². The van der Waals surface area contributed by atoms with Crippen LogP contribution in [0.4, 0.5) is 0 Å². The third-order valence-corrected chi connectivity index (χ3v) is 2.57. The van der Waals surface area contributed by atoms with Crippen LogP contribution in [0.15, 0.2) is 54.6 Å². The van der Waals surface area contributed by atoms with Gasteiger partial charge in [-0.3, -0.25) is 0 Å². The van der Waals surface area contributed by atoms with Crippen LogP contribution in [0.25, 0.3) is 0 Å². The molecule has 0 unspecified atom stereocenters. The zero-order valence-corrected chi connectivity index (χ0v) is 10.7. The summed E-state index contributed by atoms with van der Waals surface area (Å²) in [6.45, 7) is 2.26. The molecule has 0 aliphatic rings. The smallest absolute Gasteiger partial charge is 0.385 e. The highest BCUT2D eigenvalue weighted by molar-refractivity contribution is 5.89. The van der Waals surface area contributed by atoms with Crippen molar-refractivity contribution in [3.05, 3.63) is 71.3 Å². The number of hydrogen-bond acceptors (Lipinski definition) is 2. The summed E-state index contributed by atoms with van der Waals surface area (Å²) in [7, 11) is 0. The molecule has 94 valence electrons. The summed E-state index contributed by atoms with van der Waals surface area (Å²) in [4.78, 5) is 11.5. The van der Waals surface area contributed by atoms with Crippen molar-refractivity contribution >= 4 is 5.97 Å². The first-order valence-corrected chi connectivity index (χ1v) is 6.03. The summed E-state index contributed by atoms with van der Waals surface area (Å²) < 4.78 is 5.06. The lowest BCUT2D eigenvalue weighted by atomic mass is 10.2. The van der Waals surface area contributed by atoms with Crippen LogP contribution in [-0.4, -0.2) is 5.97 Å². The molecule has 2 heteroatoms. The molecule has 2 rings (SSSR count). The van der Waals surface area contributed by atoms with Crippen molar-refractivity contribution in [1.82, 2.24) is 0 Å². The molecule has 2 aromatic rings. The van der Waals surface area contributed by atoms with Gasteiger partial charge in [-0.25, -0.2) is 4.79 Å². The lowest BCUT2D eigenvalue weighted by molar-refractivity contribution is -0.137. The highest BCUT2D eigenvalue weighted by Gasteiger charge is 1.98. The Hall–Kier alpha value is -2.53. The Kier molecular flexibility index (Phi) is 4.36. The summed E-state index contributed by atoms with van der Waals surface area (Å²) in [6.07, 6.45) is 0. The van der Waals surface area contributed by atoms with Crippen LogP contribution in [0.3, 0.4) is 0 Å². The molecular formula is C17H14O2. The topological polar surface area (TPSA) is 26.3 Å². The highest BCUT2D eigenvalue weighted by Crippen LogP contribution is 2.02. The molecular weight excluding hydrogens is 236 g/mol. The van der Waals surface area contributed by atoms with E-state index in [2.05, 4.69) is 11.8 Å². The Labute approximate surface area is 113 Å². The van der Waals surface area contributed by atoms with Crippen LogP contribution in [0.1, 0.15) is 16.7 Å². The van der Waals surface area contributed by atoms with Gasteiger partial charge in [0.2, 0.25) is 0 Å². The van der Waals surface area contributed by atoms with E-state index in [0.717, 1.165) is 16.7 Å². The van der Waals surface area contributed by atoms with Crippen LogP contribution in [0.5, 0.6) is 0 Å². The minimum Gasteiger partial charge on any atom is -0.451 e. The van der Waals surface area contributed by atoms with Gasteiger partial charge in [-0.05, 0) is 24.6 Å². The summed E-state index contributed by atoms with van der Waals surface area (Å²) in [6, 6.07) is 17.2. The molecule has 0 aliphatic carbocycles. The third kappa shape index (κ3) is 4.33. The molecule has 2 nitrogen and oxygen atoms in total. The van der Waals surface area contributed by atoms with Gasteiger partial charge in [0.1, 0.15) is 6.61 Å². The molecule has 0 atom stereocenters. The lowest BCUT2D eigenvalue weighted by Gasteiger charge is -1.99. The van der Waals surface area contributed by atoms with E-state index in [9.17, 15) is 4.79 Å². The molecule has 0 saturated heterocycles. The second kappa shape index (κ2) is 6.42. The summed E-state index contributed by atoms with van der Waals surface area (Å²) in [5.41, 5.74) is 2.92. The van der Waals surface area contributed by atoms with Gasteiger partial charge >= 0.3 is 5.97 Å². The van der Waals surface area contributed by atoms with Crippen LogP contribution < -0.4 is 0 Å². The van der Waals surface area contributed by atoms with E-state index in [4.69, 9.17) is 4.74 Å². The Bertz CT molecular complexity index is 601. The SMILES string of the molecule is Cc1ccc(C#CC(=O)OCc2ccccc2)cc1. The van der Waals surface area contributed by atoms with E-state index in [1.165, 1.54) is 0 Å². The van der Waals surface area contributed by atoms with Crippen LogP contribution in [-0.2, 0) is 16.1 Å². The summed E-state index contributed by atoms with van der Waals surface area (Å²) in [5.74, 6) is 4.75. The molecule has 0 saturated carbocycles. The van der Waals surface area contributed by atoms with E-state index < -0.39 is 5.97 Å². The molecule has 0 aromatic heterocycles. The van der Waals surface area contributed by atoms with Crippen molar-refractivity contribution in [3.63, 3.8) is 0 Å². The van der Waals surface area contributed by atoms with Gasteiger partial charge in [-0.1, -0.05) is 53.9 Å². The predicted molar refractivity (Wildman–Crippen MR) is 74.3 cm³/mol. The number of carbonyl (C=O) groups excluding carboxylic acids is 1. The molecule has 0 N–H and O–H groups in total. The zero-order valence-electron chi connectivity index (χ0n) is 10.7. The van der Waals surface area contributed by atoms with E-state index in [1.54, 1.807) is 0 Å². The normalized spacial score (nSPS) is 9.32. The Morgan fingerprint density at radius 2 is 1.74 bits per heavy atom. The number of esters is 1. The lowest BCUT2D eigenvalue weighted by Crippen LogP contribution is -2.01. The van der Waals surface area contributed by atoms with Crippen LogP contribution >= 0.6 is 0 Å². The minimum absolute atomic E-state index is 0.252. The maximum absolute atomic E-state index is 11.5. The number of benzene rings is 2. The van der Waals surface area contributed by atoms with Gasteiger partial charge in [0.15, 0.2) is 0 Å². The number of carbonyl (C=O) groups is 1. The quantitative estimate of drug-likeness (QED) is 0.604. The van der Waals surface area contributed by atoms with Crippen molar-refractivity contribution in [3.8, 4) is 11.8 Å². The van der Waals surface area contributed by atoms with E-state index >= 15 is 0 Å². The van der Waals surface area contributed by atoms with Gasteiger partial charge < -0.3 is 4.74 Å². The monoisotopic (exact) mass is 250 g/mol. The highest BCUT2D eigenvalue weighted by atomic mass is 16.5. The van der Waals surface area contributed by atoms with Crippen molar-refractivity contribution in [2.45, 2.75) is 13.5 Å². The number of ether oxygens (including phenoxy) is 1. The Balaban J connectivity index is 1.90. The predicted octanol–water partition coefficient (Wildman–Crippen LogP) is 3.09. The first kappa shape index (κ1) is 12.9. The molecule has 0 radical (unpaired) electrons.